The molecule has 0 aromatic heterocycles. The van der Waals surface area contributed by atoms with Crippen LogP contribution in [0.5, 0.6) is 0 Å². The zero-order valence-corrected chi connectivity index (χ0v) is 11.4. The molecular formula is C12H22O9. The minimum absolute atomic E-state index is 0.0278. The van der Waals surface area contributed by atoms with Gasteiger partial charge in [0.1, 0.15) is 24.4 Å². The number of hydrogen-bond acceptors (Lipinski definition) is 9. The topological polar surface area (TPSA) is 149 Å². The van der Waals surface area contributed by atoms with Crippen molar-refractivity contribution < 1.29 is 44.8 Å². The zero-order chi connectivity index (χ0) is 15.6. The molecule has 0 bridgehead atoms. The van der Waals surface area contributed by atoms with Crippen molar-refractivity contribution in [1.82, 2.24) is 0 Å². The highest BCUT2D eigenvalue weighted by Crippen LogP contribution is 2.27. The van der Waals surface area contributed by atoms with Gasteiger partial charge < -0.3 is 44.8 Å². The third kappa shape index (κ3) is 3.89. The van der Waals surface area contributed by atoms with Crippen LogP contribution >= 0.6 is 0 Å². The molecule has 0 aromatic rings. The molecule has 0 aromatic carbocycles. The molecule has 9 nitrogen and oxygen atoms in total. The van der Waals surface area contributed by atoms with E-state index >= 15 is 0 Å². The Labute approximate surface area is 121 Å². The van der Waals surface area contributed by atoms with Crippen LogP contribution in [0, 0.1) is 0 Å². The average molecular weight is 310 g/mol. The first-order valence-corrected chi connectivity index (χ1v) is 6.86. The first-order valence-electron chi connectivity index (χ1n) is 6.86. The largest absolute Gasteiger partial charge is 0.394 e. The Hall–Kier alpha value is -0.360. The van der Waals surface area contributed by atoms with E-state index in [1.54, 1.807) is 0 Å². The summed E-state index contributed by atoms with van der Waals surface area (Å²) in [6.07, 6.45) is -8.54. The van der Waals surface area contributed by atoms with Gasteiger partial charge in [0.2, 0.25) is 0 Å². The monoisotopic (exact) mass is 310 g/mol. The molecule has 5 unspecified atom stereocenters. The smallest absolute Gasteiger partial charge is 0.163 e. The van der Waals surface area contributed by atoms with Crippen LogP contribution in [0.15, 0.2) is 0 Å². The lowest BCUT2D eigenvalue weighted by Crippen LogP contribution is -2.54. The highest BCUT2D eigenvalue weighted by molar-refractivity contribution is 4.85. The highest BCUT2D eigenvalue weighted by atomic mass is 16.8. The van der Waals surface area contributed by atoms with Gasteiger partial charge in [0.15, 0.2) is 12.6 Å². The van der Waals surface area contributed by atoms with Gasteiger partial charge in [-0.25, -0.2) is 0 Å². The quantitative estimate of drug-likeness (QED) is 0.313. The molecule has 2 fully saturated rings. The second-order valence-electron chi connectivity index (χ2n) is 5.30. The molecule has 2 rings (SSSR count). The maximum Gasteiger partial charge on any atom is 0.163 e. The number of hydrogen-bond donors (Lipinski definition) is 6. The molecule has 6 N–H and O–H groups in total. The number of aliphatic hydroxyl groups is 6. The second-order valence-corrected chi connectivity index (χ2v) is 5.30. The molecule has 0 spiro atoms. The van der Waals surface area contributed by atoms with Gasteiger partial charge >= 0.3 is 0 Å². The van der Waals surface area contributed by atoms with Crippen molar-refractivity contribution in [3.05, 3.63) is 0 Å². The Morgan fingerprint density at radius 3 is 1.48 bits per heavy atom. The molecular weight excluding hydrogens is 288 g/mol. The summed E-state index contributed by atoms with van der Waals surface area (Å²) in [7, 11) is 0. The molecule has 2 aliphatic rings. The molecule has 2 aliphatic heterocycles. The minimum atomic E-state index is -1.21. The van der Waals surface area contributed by atoms with E-state index in [2.05, 4.69) is 0 Å². The molecule has 0 saturated carbocycles. The third-order valence-electron chi connectivity index (χ3n) is 3.73. The van der Waals surface area contributed by atoms with E-state index < -0.39 is 62.4 Å². The fourth-order valence-corrected chi connectivity index (χ4v) is 2.48. The summed E-state index contributed by atoms with van der Waals surface area (Å²) in [6, 6.07) is 0. The first-order chi connectivity index (χ1) is 9.96. The van der Waals surface area contributed by atoms with Crippen LogP contribution < -0.4 is 0 Å². The van der Waals surface area contributed by atoms with Crippen molar-refractivity contribution in [2.75, 3.05) is 13.2 Å². The molecule has 2 heterocycles. The van der Waals surface area contributed by atoms with E-state index in [0.29, 0.717) is 0 Å². The Bertz CT molecular complexity index is 298. The maximum absolute atomic E-state index is 9.68. The number of ether oxygens (including phenoxy) is 3. The highest BCUT2D eigenvalue weighted by Gasteiger charge is 2.41. The molecule has 0 aliphatic carbocycles. The van der Waals surface area contributed by atoms with E-state index in [1.165, 1.54) is 0 Å². The van der Waals surface area contributed by atoms with Crippen LogP contribution in [0.3, 0.4) is 0 Å². The van der Waals surface area contributed by atoms with E-state index in [1.807, 2.05) is 0 Å². The fraction of sp³-hybridized carbons (Fsp3) is 1.00. The number of rotatable bonds is 4. The molecule has 21 heavy (non-hydrogen) atoms. The Morgan fingerprint density at radius 1 is 0.762 bits per heavy atom. The summed E-state index contributed by atoms with van der Waals surface area (Å²) in [5.74, 6) is 0. The Balaban J connectivity index is 1.92. The SMILES string of the molecule is OCC1OC(OC2C[C@H](O)[C@@H](O)[C@@H](CO)O2)CC(O)C1O. The van der Waals surface area contributed by atoms with Gasteiger partial charge in [0.05, 0.1) is 25.4 Å². The summed E-state index contributed by atoms with van der Waals surface area (Å²) in [5, 5.41) is 56.7. The van der Waals surface area contributed by atoms with Crippen molar-refractivity contribution in [3.63, 3.8) is 0 Å². The van der Waals surface area contributed by atoms with Crippen molar-refractivity contribution in [3.8, 4) is 0 Å². The van der Waals surface area contributed by atoms with E-state index in [9.17, 15) is 20.4 Å². The Morgan fingerprint density at radius 2 is 1.14 bits per heavy atom. The summed E-state index contributed by atoms with van der Waals surface area (Å²) in [6.45, 7) is -0.964. The van der Waals surface area contributed by atoms with Crippen LogP contribution in [0.1, 0.15) is 12.8 Å². The van der Waals surface area contributed by atoms with Gasteiger partial charge in [0.25, 0.3) is 0 Å². The van der Waals surface area contributed by atoms with Gasteiger partial charge in [-0.2, -0.15) is 0 Å². The predicted octanol–water partition coefficient (Wildman–Crippen LogP) is -3.34. The van der Waals surface area contributed by atoms with Crippen LogP contribution in [0.25, 0.3) is 0 Å². The van der Waals surface area contributed by atoms with Crippen molar-refractivity contribution >= 4 is 0 Å². The van der Waals surface area contributed by atoms with Crippen LogP contribution in [0.2, 0.25) is 0 Å². The second kappa shape index (κ2) is 7.27. The van der Waals surface area contributed by atoms with Gasteiger partial charge in [0, 0.05) is 12.8 Å². The van der Waals surface area contributed by atoms with Gasteiger partial charge in [-0.1, -0.05) is 0 Å². The summed E-state index contributed by atoms with van der Waals surface area (Å²) >= 11 is 0. The summed E-state index contributed by atoms with van der Waals surface area (Å²) < 4.78 is 16.0. The first kappa shape index (κ1) is 17.0. The molecule has 8 atom stereocenters. The standard InChI is InChI=1S/C12H22O9/c13-3-7-11(17)5(15)1-9(19-7)21-10-2-6(16)12(18)8(4-14)20-10/h5-18H,1-4H2/t5-,6?,7+,8?,9?,10?,11+,12?/m0/s1. The van der Waals surface area contributed by atoms with Crippen molar-refractivity contribution in [2.24, 2.45) is 0 Å². The van der Waals surface area contributed by atoms with Crippen LogP contribution in [-0.4, -0.2) is 93.1 Å². The molecule has 124 valence electrons. The lowest BCUT2D eigenvalue weighted by molar-refractivity contribution is -0.333. The normalized spacial score (nSPS) is 48.3. The molecule has 9 heteroatoms. The minimum Gasteiger partial charge on any atom is -0.394 e. The predicted molar refractivity (Wildman–Crippen MR) is 65.8 cm³/mol. The molecule has 2 saturated heterocycles. The summed E-state index contributed by atoms with van der Waals surface area (Å²) in [5.41, 5.74) is 0. The van der Waals surface area contributed by atoms with E-state index in [4.69, 9.17) is 24.4 Å². The third-order valence-corrected chi connectivity index (χ3v) is 3.73. The lowest BCUT2D eigenvalue weighted by atomic mass is 10.0. The van der Waals surface area contributed by atoms with E-state index in [0.717, 1.165) is 0 Å². The van der Waals surface area contributed by atoms with Crippen molar-refractivity contribution in [1.29, 1.82) is 0 Å². The van der Waals surface area contributed by atoms with Crippen molar-refractivity contribution in [2.45, 2.75) is 62.0 Å². The van der Waals surface area contributed by atoms with E-state index in [-0.39, 0.29) is 12.8 Å². The van der Waals surface area contributed by atoms with Gasteiger partial charge in [-0.3, -0.25) is 0 Å². The number of aliphatic hydroxyl groups excluding tert-OH is 6. The average Bonchev–Trinajstić information content (AvgIpc) is 2.46. The maximum atomic E-state index is 9.68. The zero-order valence-electron chi connectivity index (χ0n) is 11.4. The fourth-order valence-electron chi connectivity index (χ4n) is 2.48. The lowest BCUT2D eigenvalue weighted by Gasteiger charge is -2.40. The molecule has 0 amide bonds. The van der Waals surface area contributed by atoms with Gasteiger partial charge in [-0.05, 0) is 0 Å². The summed E-state index contributed by atoms with van der Waals surface area (Å²) in [4.78, 5) is 0. The van der Waals surface area contributed by atoms with Crippen LogP contribution in [-0.2, 0) is 14.2 Å². The molecule has 0 radical (unpaired) electrons. The Kier molecular flexibility index (Phi) is 5.88. The van der Waals surface area contributed by atoms with Crippen LogP contribution in [0.4, 0.5) is 0 Å². The van der Waals surface area contributed by atoms with Gasteiger partial charge in [-0.15, -0.1) is 0 Å².